The lowest BCUT2D eigenvalue weighted by molar-refractivity contribution is -0.116. The number of nitrogens with zero attached hydrogens (tertiary/aromatic N) is 1. The van der Waals surface area contributed by atoms with Gasteiger partial charge in [0.25, 0.3) is 0 Å². The van der Waals surface area contributed by atoms with Crippen LogP contribution in [-0.4, -0.2) is 24.0 Å². The fraction of sp³-hybridized carbons (Fsp3) is 0.294. The molecule has 1 heterocycles. The normalized spacial score (nSPS) is 11.6. The summed E-state index contributed by atoms with van der Waals surface area (Å²) < 4.78 is 5.00. The summed E-state index contributed by atoms with van der Waals surface area (Å²) in [4.78, 5) is 16.3. The number of aryl methyl sites for hydroxylation is 1. The summed E-state index contributed by atoms with van der Waals surface area (Å²) in [6.07, 6.45) is 2.62. The second-order valence-corrected chi connectivity index (χ2v) is 4.99. The Balaban J connectivity index is 1.92. The van der Waals surface area contributed by atoms with Crippen LogP contribution >= 0.6 is 0 Å². The molecule has 0 radical (unpaired) electrons. The number of anilines is 2. The molecule has 1 aromatic heterocycles. The number of rotatable bonds is 6. The minimum absolute atomic E-state index is 0.0972. The van der Waals surface area contributed by atoms with E-state index in [0.29, 0.717) is 5.88 Å². The molecule has 5 heteroatoms. The SMILES string of the molecule is CCc1ccc(NC(=O)[C@H](C)Nc2ccc(OC)nc2)cc1. The molecule has 2 rings (SSSR count). The molecule has 1 atom stereocenters. The summed E-state index contributed by atoms with van der Waals surface area (Å²) in [6, 6.07) is 11.1. The van der Waals surface area contributed by atoms with Crippen LogP contribution in [0.1, 0.15) is 19.4 Å². The molecule has 0 fully saturated rings. The van der Waals surface area contributed by atoms with Gasteiger partial charge in [-0.15, -0.1) is 0 Å². The highest BCUT2D eigenvalue weighted by Gasteiger charge is 2.13. The number of amides is 1. The van der Waals surface area contributed by atoms with E-state index in [0.717, 1.165) is 17.8 Å². The third kappa shape index (κ3) is 4.22. The van der Waals surface area contributed by atoms with Gasteiger partial charge in [0.05, 0.1) is 19.0 Å². The molecule has 0 spiro atoms. The zero-order chi connectivity index (χ0) is 15.9. The Labute approximate surface area is 130 Å². The van der Waals surface area contributed by atoms with Gasteiger partial charge in [0.2, 0.25) is 11.8 Å². The number of hydrogen-bond acceptors (Lipinski definition) is 4. The van der Waals surface area contributed by atoms with Gasteiger partial charge in [-0.2, -0.15) is 0 Å². The van der Waals surface area contributed by atoms with Gasteiger partial charge in [-0.05, 0) is 37.1 Å². The lowest BCUT2D eigenvalue weighted by Crippen LogP contribution is -2.31. The molecule has 0 saturated carbocycles. The number of hydrogen-bond donors (Lipinski definition) is 2. The zero-order valence-electron chi connectivity index (χ0n) is 13.1. The van der Waals surface area contributed by atoms with Crippen LogP contribution in [0.15, 0.2) is 42.6 Å². The molecule has 2 N–H and O–H groups in total. The third-order valence-electron chi connectivity index (χ3n) is 3.35. The van der Waals surface area contributed by atoms with E-state index >= 15 is 0 Å². The number of pyridine rings is 1. The van der Waals surface area contributed by atoms with Crippen molar-refractivity contribution in [3.63, 3.8) is 0 Å². The first-order chi connectivity index (χ1) is 10.6. The minimum Gasteiger partial charge on any atom is -0.481 e. The van der Waals surface area contributed by atoms with E-state index in [1.165, 1.54) is 5.56 Å². The van der Waals surface area contributed by atoms with Crippen LogP contribution in [0.4, 0.5) is 11.4 Å². The Morgan fingerprint density at radius 2 is 1.86 bits per heavy atom. The van der Waals surface area contributed by atoms with Crippen LogP contribution in [0, 0.1) is 0 Å². The van der Waals surface area contributed by atoms with Crippen molar-refractivity contribution in [1.29, 1.82) is 0 Å². The summed E-state index contributed by atoms with van der Waals surface area (Å²) in [5.41, 5.74) is 2.81. The second kappa shape index (κ2) is 7.45. The molecule has 5 nitrogen and oxygen atoms in total. The van der Waals surface area contributed by atoms with Crippen LogP contribution in [0.5, 0.6) is 5.88 Å². The lowest BCUT2D eigenvalue weighted by Gasteiger charge is -2.15. The van der Waals surface area contributed by atoms with E-state index in [2.05, 4.69) is 22.5 Å². The summed E-state index contributed by atoms with van der Waals surface area (Å²) in [7, 11) is 1.56. The van der Waals surface area contributed by atoms with Crippen molar-refractivity contribution >= 4 is 17.3 Å². The maximum atomic E-state index is 12.2. The largest absolute Gasteiger partial charge is 0.481 e. The smallest absolute Gasteiger partial charge is 0.246 e. The number of nitrogens with one attached hydrogen (secondary N) is 2. The average Bonchev–Trinajstić information content (AvgIpc) is 2.56. The molecule has 0 saturated heterocycles. The zero-order valence-corrected chi connectivity index (χ0v) is 13.1. The maximum Gasteiger partial charge on any atom is 0.246 e. The first-order valence-corrected chi connectivity index (χ1v) is 7.28. The maximum absolute atomic E-state index is 12.2. The van der Waals surface area contributed by atoms with Gasteiger partial charge < -0.3 is 15.4 Å². The Morgan fingerprint density at radius 1 is 1.18 bits per heavy atom. The van der Waals surface area contributed by atoms with Gasteiger partial charge >= 0.3 is 0 Å². The highest BCUT2D eigenvalue weighted by molar-refractivity contribution is 5.96. The molecule has 22 heavy (non-hydrogen) atoms. The summed E-state index contributed by atoms with van der Waals surface area (Å²) >= 11 is 0. The second-order valence-electron chi connectivity index (χ2n) is 4.99. The Kier molecular flexibility index (Phi) is 5.36. The molecule has 0 bridgehead atoms. The molecule has 116 valence electrons. The van der Waals surface area contributed by atoms with Gasteiger partial charge in [0, 0.05) is 11.8 Å². The fourth-order valence-corrected chi connectivity index (χ4v) is 1.98. The molecular formula is C17H21N3O2. The van der Waals surface area contributed by atoms with Gasteiger partial charge in [0.15, 0.2) is 0 Å². The number of carbonyl (C=O) groups is 1. The molecular weight excluding hydrogens is 278 g/mol. The number of ether oxygens (including phenoxy) is 1. The number of benzene rings is 1. The van der Waals surface area contributed by atoms with Gasteiger partial charge in [-0.25, -0.2) is 4.98 Å². The van der Waals surface area contributed by atoms with Crippen LogP contribution < -0.4 is 15.4 Å². The van der Waals surface area contributed by atoms with Gasteiger partial charge in [0.1, 0.15) is 6.04 Å². The fourth-order valence-electron chi connectivity index (χ4n) is 1.98. The summed E-state index contributed by atoms with van der Waals surface area (Å²) in [6.45, 7) is 3.91. The van der Waals surface area contributed by atoms with Gasteiger partial charge in [-0.1, -0.05) is 19.1 Å². The topological polar surface area (TPSA) is 63.2 Å². The van der Waals surface area contributed by atoms with Crippen molar-refractivity contribution < 1.29 is 9.53 Å². The molecule has 0 aliphatic carbocycles. The predicted octanol–water partition coefficient (Wildman–Crippen LogP) is 3.09. The third-order valence-corrected chi connectivity index (χ3v) is 3.35. The van der Waals surface area contributed by atoms with Crippen LogP contribution in [-0.2, 0) is 11.2 Å². The molecule has 0 aliphatic heterocycles. The van der Waals surface area contributed by atoms with Crippen molar-refractivity contribution in [2.75, 3.05) is 17.7 Å². The average molecular weight is 299 g/mol. The predicted molar refractivity (Wildman–Crippen MR) is 88.3 cm³/mol. The number of aromatic nitrogens is 1. The van der Waals surface area contributed by atoms with Crippen molar-refractivity contribution in [1.82, 2.24) is 4.98 Å². The van der Waals surface area contributed by atoms with Crippen molar-refractivity contribution in [2.45, 2.75) is 26.3 Å². The van der Waals surface area contributed by atoms with E-state index in [1.54, 1.807) is 26.3 Å². The molecule has 1 aromatic carbocycles. The monoisotopic (exact) mass is 299 g/mol. The molecule has 0 aliphatic rings. The van der Waals surface area contributed by atoms with Crippen LogP contribution in [0.3, 0.4) is 0 Å². The van der Waals surface area contributed by atoms with E-state index < -0.39 is 0 Å². The molecule has 0 unspecified atom stereocenters. The standard InChI is InChI=1S/C17H21N3O2/c1-4-13-5-7-14(8-6-13)20-17(21)12(2)19-15-9-10-16(22-3)18-11-15/h5-12,19H,4H2,1-3H3,(H,20,21)/t12-/m0/s1. The quantitative estimate of drug-likeness (QED) is 0.860. The van der Waals surface area contributed by atoms with Crippen molar-refractivity contribution in [3.8, 4) is 5.88 Å². The van der Waals surface area contributed by atoms with Crippen molar-refractivity contribution in [3.05, 3.63) is 48.2 Å². The van der Waals surface area contributed by atoms with Crippen LogP contribution in [0.25, 0.3) is 0 Å². The molecule has 2 aromatic rings. The Hall–Kier alpha value is -2.56. The van der Waals surface area contributed by atoms with Gasteiger partial charge in [-0.3, -0.25) is 4.79 Å². The van der Waals surface area contributed by atoms with E-state index in [4.69, 9.17) is 4.74 Å². The lowest BCUT2D eigenvalue weighted by atomic mass is 10.1. The Bertz CT molecular complexity index is 609. The first kappa shape index (κ1) is 15.8. The Morgan fingerprint density at radius 3 is 2.41 bits per heavy atom. The first-order valence-electron chi connectivity index (χ1n) is 7.28. The number of carbonyl (C=O) groups excluding carboxylic acids is 1. The van der Waals surface area contributed by atoms with E-state index in [9.17, 15) is 4.79 Å². The van der Waals surface area contributed by atoms with Crippen molar-refractivity contribution in [2.24, 2.45) is 0 Å². The van der Waals surface area contributed by atoms with E-state index in [-0.39, 0.29) is 11.9 Å². The highest BCUT2D eigenvalue weighted by atomic mass is 16.5. The molecule has 1 amide bonds. The summed E-state index contributed by atoms with van der Waals surface area (Å²) in [5.74, 6) is 0.443. The highest BCUT2D eigenvalue weighted by Crippen LogP contribution is 2.14. The van der Waals surface area contributed by atoms with E-state index in [1.807, 2.05) is 30.3 Å². The minimum atomic E-state index is -0.374. The van der Waals surface area contributed by atoms with Crippen LogP contribution in [0.2, 0.25) is 0 Å². The number of methoxy groups -OCH3 is 1. The summed E-state index contributed by atoms with van der Waals surface area (Å²) in [5, 5.41) is 5.99.